The molecule has 2 amide bonds. The average Bonchev–Trinajstić information content (AvgIpc) is 2.80. The fourth-order valence-corrected chi connectivity index (χ4v) is 4.59. The highest BCUT2D eigenvalue weighted by Crippen LogP contribution is 2.29. The summed E-state index contributed by atoms with van der Waals surface area (Å²) >= 11 is 6.09. The number of carbonyl (C=O) groups excluding carboxylic acids is 3. The summed E-state index contributed by atoms with van der Waals surface area (Å²) in [6.07, 6.45) is 3.63. The minimum atomic E-state index is -0.436. The van der Waals surface area contributed by atoms with Gasteiger partial charge in [0.15, 0.2) is 6.61 Å². The van der Waals surface area contributed by atoms with Crippen molar-refractivity contribution in [3.05, 3.63) is 22.7 Å². The van der Waals surface area contributed by atoms with Gasteiger partial charge in [0.05, 0.1) is 23.4 Å². The molecule has 3 rings (SSSR count). The van der Waals surface area contributed by atoms with E-state index in [-0.39, 0.29) is 24.5 Å². The molecule has 2 saturated heterocycles. The molecular formula is C23H33ClN4O5. The highest BCUT2D eigenvalue weighted by molar-refractivity contribution is 6.33. The van der Waals surface area contributed by atoms with E-state index < -0.39 is 5.97 Å². The highest BCUT2D eigenvalue weighted by atomic mass is 35.5. The molecule has 2 heterocycles. The minimum absolute atomic E-state index is 0.0931. The Labute approximate surface area is 199 Å². The number of nitrogen functional groups attached to an aromatic ring is 1. The number of hydrogen-bond acceptors (Lipinski definition) is 7. The Balaban J connectivity index is 1.40. The molecule has 0 radical (unpaired) electrons. The van der Waals surface area contributed by atoms with Crippen LogP contribution in [0.3, 0.4) is 0 Å². The van der Waals surface area contributed by atoms with Gasteiger partial charge in [0, 0.05) is 51.8 Å². The second kappa shape index (κ2) is 11.6. The molecule has 2 aliphatic rings. The number of benzene rings is 1. The van der Waals surface area contributed by atoms with E-state index in [1.807, 2.05) is 0 Å². The summed E-state index contributed by atoms with van der Waals surface area (Å²) in [5, 5.41) is 3.42. The van der Waals surface area contributed by atoms with Crippen molar-refractivity contribution < 1.29 is 23.9 Å². The van der Waals surface area contributed by atoms with Crippen LogP contribution in [0.2, 0.25) is 5.02 Å². The summed E-state index contributed by atoms with van der Waals surface area (Å²) in [5.41, 5.74) is 6.56. The molecule has 0 aromatic heterocycles. The van der Waals surface area contributed by atoms with Crippen LogP contribution in [0.5, 0.6) is 5.75 Å². The van der Waals surface area contributed by atoms with Crippen LogP contribution in [0.4, 0.5) is 5.69 Å². The Kier molecular flexibility index (Phi) is 8.80. The van der Waals surface area contributed by atoms with E-state index in [0.717, 1.165) is 45.3 Å². The number of nitrogens with two attached hydrogens (primary N) is 1. The number of nitrogens with one attached hydrogen (secondary N) is 1. The third-order valence-electron chi connectivity index (χ3n) is 6.37. The normalized spacial score (nSPS) is 18.1. The number of rotatable bonds is 7. The van der Waals surface area contributed by atoms with E-state index in [1.54, 1.807) is 17.0 Å². The van der Waals surface area contributed by atoms with Crippen LogP contribution >= 0.6 is 11.6 Å². The quantitative estimate of drug-likeness (QED) is 0.452. The predicted octanol–water partition coefficient (Wildman–Crippen LogP) is 1.93. The van der Waals surface area contributed by atoms with Crippen LogP contribution in [-0.4, -0.2) is 80.1 Å². The van der Waals surface area contributed by atoms with Gasteiger partial charge in [0.25, 0.3) is 11.8 Å². The van der Waals surface area contributed by atoms with Gasteiger partial charge >= 0.3 is 5.97 Å². The van der Waals surface area contributed by atoms with E-state index in [2.05, 4.69) is 10.2 Å². The third-order valence-corrected chi connectivity index (χ3v) is 6.70. The Morgan fingerprint density at radius 2 is 1.79 bits per heavy atom. The Bertz CT molecular complexity index is 865. The summed E-state index contributed by atoms with van der Waals surface area (Å²) in [6.45, 7) is 5.35. The molecule has 0 saturated carbocycles. The van der Waals surface area contributed by atoms with E-state index >= 15 is 0 Å². The molecular weight excluding hydrogens is 448 g/mol. The first-order valence-electron chi connectivity index (χ1n) is 11.3. The van der Waals surface area contributed by atoms with Gasteiger partial charge in [-0.1, -0.05) is 11.6 Å². The molecule has 1 aromatic rings. The zero-order valence-electron chi connectivity index (χ0n) is 19.3. The lowest BCUT2D eigenvalue weighted by Gasteiger charge is -2.37. The number of anilines is 1. The number of nitrogens with zero attached hydrogens (tertiary/aromatic N) is 2. The molecule has 0 bridgehead atoms. The zero-order valence-corrected chi connectivity index (χ0v) is 20.0. The Morgan fingerprint density at radius 1 is 1.12 bits per heavy atom. The molecule has 3 N–H and O–H groups in total. The number of esters is 1. The number of halogens is 1. The van der Waals surface area contributed by atoms with Gasteiger partial charge in [-0.15, -0.1) is 0 Å². The summed E-state index contributed by atoms with van der Waals surface area (Å²) in [4.78, 5) is 39.9. The molecule has 9 nitrogen and oxygen atoms in total. The number of carbonyl (C=O) groups is 3. The number of likely N-dealkylation sites (tertiary alicyclic amines) is 2. The first kappa shape index (κ1) is 25.1. The second-order valence-electron chi connectivity index (χ2n) is 8.73. The third kappa shape index (κ3) is 6.98. The summed E-state index contributed by atoms with van der Waals surface area (Å²) in [6, 6.07) is 3.20. The molecule has 0 atom stereocenters. The lowest BCUT2D eigenvalue weighted by atomic mass is 9.94. The van der Waals surface area contributed by atoms with Gasteiger partial charge < -0.3 is 30.3 Å². The standard InChI is InChI=1S/C23H33ClN4O5/c1-15(29)33-14-22(30)28-9-3-16(4-10-28)13-27-7-5-17(6-8-27)26-23(31)18-11-19(24)20(25)12-21(18)32-2/h11-12,16-17H,3-10,13-14,25H2,1-2H3,(H,26,31). The van der Waals surface area contributed by atoms with Crippen molar-refractivity contribution in [2.45, 2.75) is 38.6 Å². The predicted molar refractivity (Wildman–Crippen MR) is 125 cm³/mol. The van der Waals surface area contributed by atoms with E-state index in [9.17, 15) is 14.4 Å². The average molecular weight is 481 g/mol. The molecule has 10 heteroatoms. The van der Waals surface area contributed by atoms with Crippen molar-refractivity contribution in [3.63, 3.8) is 0 Å². The lowest BCUT2D eigenvalue weighted by Crippen LogP contribution is -2.47. The topological polar surface area (TPSA) is 114 Å². The molecule has 1 aromatic carbocycles. The van der Waals surface area contributed by atoms with Crippen LogP contribution in [0, 0.1) is 5.92 Å². The molecule has 182 valence electrons. The van der Waals surface area contributed by atoms with Crippen molar-refractivity contribution in [1.29, 1.82) is 0 Å². The maximum absolute atomic E-state index is 12.8. The monoisotopic (exact) mass is 480 g/mol. The van der Waals surface area contributed by atoms with Crippen LogP contribution in [0.1, 0.15) is 43.0 Å². The van der Waals surface area contributed by atoms with Gasteiger partial charge in [-0.05, 0) is 37.7 Å². The van der Waals surface area contributed by atoms with Gasteiger partial charge in [-0.3, -0.25) is 14.4 Å². The van der Waals surface area contributed by atoms with Gasteiger partial charge in [0.1, 0.15) is 5.75 Å². The first-order valence-corrected chi connectivity index (χ1v) is 11.7. The minimum Gasteiger partial charge on any atom is -0.496 e. The molecule has 0 spiro atoms. The van der Waals surface area contributed by atoms with Crippen molar-refractivity contribution in [2.24, 2.45) is 5.92 Å². The van der Waals surface area contributed by atoms with Crippen molar-refractivity contribution in [1.82, 2.24) is 15.1 Å². The Morgan fingerprint density at radius 3 is 2.39 bits per heavy atom. The molecule has 2 aliphatic heterocycles. The first-order chi connectivity index (χ1) is 15.8. The number of hydrogen-bond donors (Lipinski definition) is 2. The molecule has 33 heavy (non-hydrogen) atoms. The lowest BCUT2D eigenvalue weighted by molar-refractivity contribution is -0.150. The maximum atomic E-state index is 12.8. The molecule has 2 fully saturated rings. The van der Waals surface area contributed by atoms with E-state index in [1.165, 1.54) is 14.0 Å². The van der Waals surface area contributed by atoms with Gasteiger partial charge in [0.2, 0.25) is 0 Å². The number of piperidine rings is 2. The van der Waals surface area contributed by atoms with E-state index in [0.29, 0.717) is 41.0 Å². The summed E-state index contributed by atoms with van der Waals surface area (Å²) < 4.78 is 10.1. The van der Waals surface area contributed by atoms with Crippen molar-refractivity contribution in [3.8, 4) is 5.75 Å². The van der Waals surface area contributed by atoms with Crippen LogP contribution in [0.15, 0.2) is 12.1 Å². The van der Waals surface area contributed by atoms with Crippen LogP contribution < -0.4 is 15.8 Å². The van der Waals surface area contributed by atoms with Crippen molar-refractivity contribution in [2.75, 3.05) is 52.2 Å². The fourth-order valence-electron chi connectivity index (χ4n) is 4.42. The SMILES string of the molecule is COc1cc(N)c(Cl)cc1C(=O)NC1CCN(CC2CCN(C(=O)COC(C)=O)CC2)CC1. The second-order valence-corrected chi connectivity index (χ2v) is 9.13. The van der Waals surface area contributed by atoms with Gasteiger partial charge in [-0.25, -0.2) is 0 Å². The number of amides is 2. The zero-order chi connectivity index (χ0) is 24.0. The number of methoxy groups -OCH3 is 1. The summed E-state index contributed by atoms with van der Waals surface area (Å²) in [5.74, 6) is 0.172. The smallest absolute Gasteiger partial charge is 0.303 e. The fraction of sp³-hybridized carbons (Fsp3) is 0.609. The van der Waals surface area contributed by atoms with Crippen LogP contribution in [0.25, 0.3) is 0 Å². The summed E-state index contributed by atoms with van der Waals surface area (Å²) in [7, 11) is 1.50. The van der Waals surface area contributed by atoms with Crippen LogP contribution in [-0.2, 0) is 14.3 Å². The largest absolute Gasteiger partial charge is 0.496 e. The molecule has 0 aliphatic carbocycles. The Hall–Kier alpha value is -2.52. The van der Waals surface area contributed by atoms with Gasteiger partial charge in [-0.2, -0.15) is 0 Å². The highest BCUT2D eigenvalue weighted by Gasteiger charge is 2.27. The maximum Gasteiger partial charge on any atom is 0.303 e. The molecule has 0 unspecified atom stereocenters. The number of ether oxygens (including phenoxy) is 2. The van der Waals surface area contributed by atoms with Crippen molar-refractivity contribution >= 4 is 35.1 Å². The van der Waals surface area contributed by atoms with E-state index in [4.69, 9.17) is 26.8 Å².